The van der Waals surface area contributed by atoms with Crippen LogP contribution in [0.25, 0.3) is 9.40 Å². The first kappa shape index (κ1) is 16.6. The maximum absolute atomic E-state index is 12.7. The van der Waals surface area contributed by atoms with E-state index in [1.54, 1.807) is 21.6 Å². The molecule has 0 aromatic carbocycles. The number of thiazole rings is 1. The van der Waals surface area contributed by atoms with E-state index >= 15 is 0 Å². The number of fused-ring (bicyclic) bond motifs is 1. The number of aromatic nitrogens is 1. The van der Waals surface area contributed by atoms with Crippen molar-refractivity contribution >= 4 is 55.2 Å². The lowest BCUT2D eigenvalue weighted by Crippen LogP contribution is -2.50. The Morgan fingerprint density at radius 3 is 2.44 bits per heavy atom. The average molecular weight is 393 g/mol. The summed E-state index contributed by atoms with van der Waals surface area (Å²) < 4.78 is 2.31. The lowest BCUT2D eigenvalue weighted by atomic mass is 10.2. The summed E-state index contributed by atoms with van der Waals surface area (Å²) in [7, 11) is 0. The molecule has 1 fully saturated rings. The van der Waals surface area contributed by atoms with E-state index in [0.29, 0.717) is 38.4 Å². The van der Waals surface area contributed by atoms with Gasteiger partial charge in [-0.05, 0) is 17.5 Å². The van der Waals surface area contributed by atoms with Crippen LogP contribution in [0.5, 0.6) is 0 Å². The van der Waals surface area contributed by atoms with Crippen molar-refractivity contribution in [1.82, 2.24) is 14.8 Å². The van der Waals surface area contributed by atoms with Crippen LogP contribution in [0, 0.1) is 0 Å². The molecule has 0 radical (unpaired) electrons. The molecule has 0 atom stereocenters. The van der Waals surface area contributed by atoms with Crippen molar-refractivity contribution in [1.29, 1.82) is 0 Å². The number of amides is 2. The molecule has 0 saturated carbocycles. The van der Waals surface area contributed by atoms with Gasteiger partial charge in [0.2, 0.25) is 0 Å². The molecule has 0 bridgehead atoms. The van der Waals surface area contributed by atoms with Gasteiger partial charge in [-0.2, -0.15) is 0 Å². The molecule has 0 aliphatic carbocycles. The molecule has 3 aromatic heterocycles. The molecule has 25 heavy (non-hydrogen) atoms. The fourth-order valence-electron chi connectivity index (χ4n) is 2.80. The van der Waals surface area contributed by atoms with E-state index in [4.69, 9.17) is 5.73 Å². The zero-order chi connectivity index (χ0) is 17.4. The molecule has 4 heterocycles. The SMILES string of the molecule is NCc1nc(C(=O)N2CCN(C(=O)c3cc4sccc4s3)CC2)cs1. The molecule has 3 aromatic rings. The summed E-state index contributed by atoms with van der Waals surface area (Å²) >= 11 is 4.58. The number of thiophene rings is 2. The van der Waals surface area contributed by atoms with E-state index in [1.165, 1.54) is 22.7 Å². The first-order valence-corrected chi connectivity index (χ1v) is 10.4. The smallest absolute Gasteiger partial charge is 0.273 e. The van der Waals surface area contributed by atoms with Crippen LogP contribution in [-0.2, 0) is 6.54 Å². The number of nitrogens with two attached hydrogens (primary N) is 1. The van der Waals surface area contributed by atoms with Gasteiger partial charge in [0.05, 0.1) is 4.88 Å². The van der Waals surface area contributed by atoms with Crippen molar-refractivity contribution in [3.05, 3.63) is 38.5 Å². The van der Waals surface area contributed by atoms with Crippen molar-refractivity contribution in [3.63, 3.8) is 0 Å². The van der Waals surface area contributed by atoms with Crippen LogP contribution in [0.4, 0.5) is 0 Å². The summed E-state index contributed by atoms with van der Waals surface area (Å²) in [5, 5.41) is 4.55. The van der Waals surface area contributed by atoms with Gasteiger partial charge in [0, 0.05) is 47.5 Å². The topological polar surface area (TPSA) is 79.5 Å². The number of carbonyl (C=O) groups excluding carboxylic acids is 2. The third-order valence-electron chi connectivity index (χ3n) is 4.15. The van der Waals surface area contributed by atoms with Crippen molar-refractivity contribution in [2.24, 2.45) is 5.73 Å². The lowest BCUT2D eigenvalue weighted by molar-refractivity contribution is 0.0535. The van der Waals surface area contributed by atoms with Crippen LogP contribution in [0.3, 0.4) is 0 Å². The molecule has 1 saturated heterocycles. The number of carbonyl (C=O) groups is 2. The molecule has 1 aliphatic heterocycles. The van der Waals surface area contributed by atoms with Crippen LogP contribution < -0.4 is 5.73 Å². The summed E-state index contributed by atoms with van der Waals surface area (Å²) in [5.41, 5.74) is 6.00. The monoisotopic (exact) mass is 392 g/mol. The number of piperazine rings is 1. The average Bonchev–Trinajstić information content (AvgIpc) is 3.35. The standard InChI is InChI=1S/C16H16N4O2S3/c17-8-14-18-10(9-24-14)15(21)19-2-4-20(5-3-19)16(22)13-7-12-11(25-13)1-6-23-12/h1,6-7,9H,2-5,8,17H2. The van der Waals surface area contributed by atoms with Gasteiger partial charge in [0.1, 0.15) is 10.7 Å². The summed E-state index contributed by atoms with van der Waals surface area (Å²) in [6, 6.07) is 4.01. The molecule has 2 N–H and O–H groups in total. The van der Waals surface area contributed by atoms with E-state index in [-0.39, 0.29) is 11.8 Å². The van der Waals surface area contributed by atoms with Crippen molar-refractivity contribution in [2.75, 3.05) is 26.2 Å². The van der Waals surface area contributed by atoms with Gasteiger partial charge in [0.15, 0.2) is 0 Å². The lowest BCUT2D eigenvalue weighted by Gasteiger charge is -2.34. The number of rotatable bonds is 3. The van der Waals surface area contributed by atoms with Crippen LogP contribution in [0.15, 0.2) is 22.9 Å². The predicted molar refractivity (Wildman–Crippen MR) is 102 cm³/mol. The highest BCUT2D eigenvalue weighted by atomic mass is 32.1. The van der Waals surface area contributed by atoms with Gasteiger partial charge in [-0.3, -0.25) is 9.59 Å². The molecular weight excluding hydrogens is 376 g/mol. The first-order valence-electron chi connectivity index (χ1n) is 7.86. The van der Waals surface area contributed by atoms with E-state index in [1.807, 2.05) is 22.4 Å². The fourth-order valence-corrected chi connectivity index (χ4v) is 5.53. The Balaban J connectivity index is 1.39. The Hall–Kier alpha value is -1.81. The number of hydrogen-bond acceptors (Lipinski definition) is 7. The van der Waals surface area contributed by atoms with E-state index < -0.39 is 0 Å². The first-order chi connectivity index (χ1) is 12.2. The minimum absolute atomic E-state index is 0.0552. The number of hydrogen-bond donors (Lipinski definition) is 1. The van der Waals surface area contributed by atoms with Gasteiger partial charge < -0.3 is 15.5 Å². The van der Waals surface area contributed by atoms with E-state index in [0.717, 1.165) is 19.3 Å². The highest BCUT2D eigenvalue weighted by Crippen LogP contribution is 2.30. The Labute approximate surface area is 156 Å². The third kappa shape index (κ3) is 3.20. The van der Waals surface area contributed by atoms with Gasteiger partial charge in [-0.1, -0.05) is 0 Å². The summed E-state index contributed by atoms with van der Waals surface area (Å²) in [5.74, 6) is -0.0285. The fraction of sp³-hybridized carbons (Fsp3) is 0.312. The summed E-state index contributed by atoms with van der Waals surface area (Å²) in [4.78, 5) is 33.8. The Bertz CT molecular complexity index is 892. The maximum atomic E-state index is 12.7. The zero-order valence-corrected chi connectivity index (χ0v) is 15.8. The predicted octanol–water partition coefficient (Wildman–Crippen LogP) is 2.48. The summed E-state index contributed by atoms with van der Waals surface area (Å²) in [6.07, 6.45) is 0. The second-order valence-corrected chi connectivity index (χ2v) is 8.65. The van der Waals surface area contributed by atoms with Gasteiger partial charge in [0.25, 0.3) is 11.8 Å². The molecule has 130 valence electrons. The largest absolute Gasteiger partial charge is 0.334 e. The summed E-state index contributed by atoms with van der Waals surface area (Å²) in [6.45, 7) is 2.49. The Morgan fingerprint density at radius 2 is 1.80 bits per heavy atom. The molecular formula is C16H16N4O2S3. The molecule has 4 rings (SSSR count). The van der Waals surface area contributed by atoms with Crippen molar-refractivity contribution < 1.29 is 9.59 Å². The Morgan fingerprint density at radius 1 is 1.08 bits per heavy atom. The Kier molecular flexibility index (Phi) is 4.55. The van der Waals surface area contributed by atoms with Gasteiger partial charge in [-0.15, -0.1) is 34.0 Å². The second-order valence-electron chi connectivity index (χ2n) is 5.67. The van der Waals surface area contributed by atoms with Crippen LogP contribution in [0.1, 0.15) is 25.2 Å². The maximum Gasteiger partial charge on any atom is 0.273 e. The van der Waals surface area contributed by atoms with E-state index in [9.17, 15) is 9.59 Å². The zero-order valence-electron chi connectivity index (χ0n) is 13.3. The molecule has 2 amide bonds. The quantitative estimate of drug-likeness (QED) is 0.743. The van der Waals surface area contributed by atoms with Gasteiger partial charge in [-0.25, -0.2) is 4.98 Å². The highest BCUT2D eigenvalue weighted by Gasteiger charge is 2.27. The van der Waals surface area contributed by atoms with Crippen LogP contribution >= 0.6 is 34.0 Å². The molecule has 1 aliphatic rings. The minimum atomic E-state index is -0.0836. The minimum Gasteiger partial charge on any atom is -0.334 e. The van der Waals surface area contributed by atoms with E-state index in [2.05, 4.69) is 4.98 Å². The molecule has 0 spiro atoms. The van der Waals surface area contributed by atoms with Crippen molar-refractivity contribution in [3.8, 4) is 0 Å². The van der Waals surface area contributed by atoms with Gasteiger partial charge >= 0.3 is 0 Å². The highest BCUT2D eigenvalue weighted by molar-refractivity contribution is 7.27. The molecule has 0 unspecified atom stereocenters. The van der Waals surface area contributed by atoms with Crippen LogP contribution in [0.2, 0.25) is 0 Å². The number of nitrogens with zero attached hydrogens (tertiary/aromatic N) is 3. The van der Waals surface area contributed by atoms with Crippen molar-refractivity contribution in [2.45, 2.75) is 6.54 Å². The van der Waals surface area contributed by atoms with Crippen LogP contribution in [-0.4, -0.2) is 52.8 Å². The second kappa shape index (κ2) is 6.83. The normalized spacial score (nSPS) is 15.1. The third-order valence-corrected chi connectivity index (χ3v) is 7.10. The molecule has 6 nitrogen and oxygen atoms in total. The molecule has 9 heteroatoms.